The van der Waals surface area contributed by atoms with E-state index in [1.54, 1.807) is 0 Å². The van der Waals surface area contributed by atoms with E-state index in [4.69, 9.17) is 9.40 Å². The summed E-state index contributed by atoms with van der Waals surface area (Å²) in [6.45, 7) is 0. The van der Waals surface area contributed by atoms with Crippen molar-refractivity contribution in [3.05, 3.63) is 212 Å². The van der Waals surface area contributed by atoms with E-state index in [0.717, 1.165) is 78.0 Å². The van der Waals surface area contributed by atoms with Crippen LogP contribution >= 0.6 is 0 Å². The Bertz CT molecular complexity index is 3220. The van der Waals surface area contributed by atoms with E-state index >= 15 is 0 Å². The molecule has 0 N–H and O–H groups in total. The second kappa shape index (κ2) is 13.6. The Labute approximate surface area is 330 Å². The van der Waals surface area contributed by atoms with Gasteiger partial charge in [0.05, 0.1) is 16.7 Å². The summed E-state index contributed by atoms with van der Waals surface area (Å²) in [7, 11) is 0. The van der Waals surface area contributed by atoms with Crippen molar-refractivity contribution in [2.45, 2.75) is 0 Å². The van der Waals surface area contributed by atoms with Gasteiger partial charge >= 0.3 is 0 Å². The van der Waals surface area contributed by atoms with Gasteiger partial charge in [0.15, 0.2) is 5.58 Å². The molecule has 4 heteroatoms. The predicted octanol–water partition coefficient (Wildman–Crippen LogP) is 14.5. The highest BCUT2D eigenvalue weighted by Gasteiger charge is 2.21. The summed E-state index contributed by atoms with van der Waals surface area (Å²) in [5, 5.41) is 4.62. The zero-order chi connectivity index (χ0) is 37.7. The molecule has 57 heavy (non-hydrogen) atoms. The van der Waals surface area contributed by atoms with E-state index in [1.165, 1.54) is 16.3 Å². The minimum absolute atomic E-state index is 0.624. The van der Waals surface area contributed by atoms with Gasteiger partial charge in [-0.3, -0.25) is 0 Å². The number of oxazole rings is 1. The van der Waals surface area contributed by atoms with Gasteiger partial charge in [-0.2, -0.15) is 0 Å². The smallest absolute Gasteiger partial charge is 0.227 e. The third-order valence-electron chi connectivity index (χ3n) is 11.0. The van der Waals surface area contributed by atoms with Crippen LogP contribution in [0.1, 0.15) is 0 Å². The van der Waals surface area contributed by atoms with Gasteiger partial charge in [-0.25, -0.2) is 4.98 Å². The zero-order valence-electron chi connectivity index (χ0n) is 31.0. The molecule has 2 heterocycles. The van der Waals surface area contributed by atoms with E-state index in [0.29, 0.717) is 5.89 Å². The van der Waals surface area contributed by atoms with Crippen molar-refractivity contribution in [2.24, 2.45) is 0 Å². The summed E-state index contributed by atoms with van der Waals surface area (Å²) in [6, 6.07) is 75.2. The normalized spacial score (nSPS) is 11.5. The summed E-state index contributed by atoms with van der Waals surface area (Å²) >= 11 is 0. The first-order valence-corrected chi connectivity index (χ1v) is 19.3. The number of fused-ring (bicyclic) bond motifs is 6. The molecule has 0 saturated carbocycles. The molecule has 9 aromatic carbocycles. The number of anilines is 3. The van der Waals surface area contributed by atoms with Crippen molar-refractivity contribution in [3.8, 4) is 39.4 Å². The highest BCUT2D eigenvalue weighted by Crippen LogP contribution is 2.44. The van der Waals surface area contributed by atoms with Crippen LogP contribution in [0, 0.1) is 0 Å². The lowest BCUT2D eigenvalue weighted by molar-refractivity contribution is 0.623. The lowest BCUT2D eigenvalue weighted by Gasteiger charge is -2.28. The fourth-order valence-corrected chi connectivity index (χ4v) is 8.40. The first kappa shape index (κ1) is 32.7. The van der Waals surface area contributed by atoms with Gasteiger partial charge in [0, 0.05) is 44.3 Å². The third kappa shape index (κ3) is 5.58. The van der Waals surface area contributed by atoms with Gasteiger partial charge in [-0.1, -0.05) is 146 Å². The quantitative estimate of drug-likeness (QED) is 0.164. The highest BCUT2D eigenvalue weighted by molar-refractivity contribution is 6.12. The van der Waals surface area contributed by atoms with Crippen LogP contribution in [0.4, 0.5) is 17.1 Å². The summed E-state index contributed by atoms with van der Waals surface area (Å²) in [4.78, 5) is 7.37. The van der Waals surface area contributed by atoms with Crippen molar-refractivity contribution in [1.29, 1.82) is 0 Å². The molecule has 0 radical (unpaired) electrons. The summed E-state index contributed by atoms with van der Waals surface area (Å²) in [5.74, 6) is 0.624. The van der Waals surface area contributed by atoms with Crippen molar-refractivity contribution in [1.82, 2.24) is 9.55 Å². The molecule has 0 aliphatic rings. The van der Waals surface area contributed by atoms with Crippen LogP contribution in [0.3, 0.4) is 0 Å². The second-order valence-electron chi connectivity index (χ2n) is 14.4. The zero-order valence-corrected chi connectivity index (χ0v) is 31.0. The van der Waals surface area contributed by atoms with Crippen molar-refractivity contribution in [3.63, 3.8) is 0 Å². The molecule has 0 saturated heterocycles. The van der Waals surface area contributed by atoms with E-state index in [1.807, 2.05) is 30.3 Å². The maximum atomic E-state index is 6.42. The highest BCUT2D eigenvalue weighted by atomic mass is 16.3. The SMILES string of the molecule is c1ccc(-c2nc3cc(-c4ccc(N(c5ccc6c7ccccc7n(-c7ccccc7)c6c5)c5ccccc5-c5ccccc5)cc4)c4ccccc4c3o2)cc1. The summed E-state index contributed by atoms with van der Waals surface area (Å²) < 4.78 is 8.80. The molecule has 0 spiro atoms. The van der Waals surface area contributed by atoms with Crippen molar-refractivity contribution >= 4 is 60.7 Å². The van der Waals surface area contributed by atoms with Crippen LogP contribution in [0.5, 0.6) is 0 Å². The van der Waals surface area contributed by atoms with Crippen LogP contribution in [-0.2, 0) is 0 Å². The average Bonchev–Trinajstić information content (AvgIpc) is 3.87. The molecule has 4 nitrogen and oxygen atoms in total. The van der Waals surface area contributed by atoms with Crippen LogP contribution in [0.25, 0.3) is 83.1 Å². The molecule has 2 aromatic heterocycles. The number of benzene rings is 9. The molecule has 11 aromatic rings. The maximum absolute atomic E-state index is 6.42. The van der Waals surface area contributed by atoms with Crippen LogP contribution in [-0.4, -0.2) is 9.55 Å². The van der Waals surface area contributed by atoms with Crippen molar-refractivity contribution < 1.29 is 4.42 Å². The van der Waals surface area contributed by atoms with Gasteiger partial charge in [-0.05, 0) is 88.8 Å². The Balaban J connectivity index is 1.10. The van der Waals surface area contributed by atoms with Crippen LogP contribution in [0.15, 0.2) is 217 Å². The number of nitrogens with zero attached hydrogens (tertiary/aromatic N) is 3. The van der Waals surface area contributed by atoms with Gasteiger partial charge in [-0.15, -0.1) is 0 Å². The maximum Gasteiger partial charge on any atom is 0.227 e. The van der Waals surface area contributed by atoms with Gasteiger partial charge in [0.2, 0.25) is 5.89 Å². The largest absolute Gasteiger partial charge is 0.435 e. The second-order valence-corrected chi connectivity index (χ2v) is 14.4. The molecule has 0 aliphatic heterocycles. The topological polar surface area (TPSA) is 34.2 Å². The molecule has 11 rings (SSSR count). The van der Waals surface area contributed by atoms with E-state index in [-0.39, 0.29) is 0 Å². The van der Waals surface area contributed by atoms with E-state index in [2.05, 4.69) is 191 Å². The predicted molar refractivity (Wildman–Crippen MR) is 237 cm³/mol. The Morgan fingerprint density at radius 1 is 0.404 bits per heavy atom. The average molecular weight is 730 g/mol. The van der Waals surface area contributed by atoms with E-state index in [9.17, 15) is 0 Å². The number of rotatable bonds is 7. The summed E-state index contributed by atoms with van der Waals surface area (Å²) in [5.41, 5.74) is 13.8. The Kier molecular flexibility index (Phi) is 7.78. The number of hydrogen-bond donors (Lipinski definition) is 0. The molecule has 0 fully saturated rings. The fourth-order valence-electron chi connectivity index (χ4n) is 8.40. The molecule has 0 atom stereocenters. The van der Waals surface area contributed by atoms with Gasteiger partial charge in [0.1, 0.15) is 5.52 Å². The van der Waals surface area contributed by atoms with E-state index < -0.39 is 0 Å². The Hall–Kier alpha value is -7.69. The standard InChI is InChI=1S/C53H35N3O/c1-4-16-36(17-5-1)42-22-12-14-26-49(42)55(41-32-33-45-44-24-13-15-27-50(44)56(51(45)34-41)39-20-8-3-9-21-39)40-30-28-37(29-31-40)47-35-48-52(46-25-11-10-23-43(46)47)57-53(54-48)38-18-6-2-7-19-38/h1-35H. The minimum Gasteiger partial charge on any atom is -0.435 e. The molecule has 0 unspecified atom stereocenters. The van der Waals surface area contributed by atoms with Gasteiger partial charge in [0.25, 0.3) is 0 Å². The molecular weight excluding hydrogens is 695 g/mol. The molecule has 0 aliphatic carbocycles. The molecular formula is C53H35N3O. The monoisotopic (exact) mass is 729 g/mol. The fraction of sp³-hybridized carbons (Fsp3) is 0. The minimum atomic E-state index is 0.624. The number of para-hydroxylation sites is 3. The van der Waals surface area contributed by atoms with Crippen LogP contribution in [0.2, 0.25) is 0 Å². The first-order chi connectivity index (χ1) is 28.3. The number of aromatic nitrogens is 2. The first-order valence-electron chi connectivity index (χ1n) is 19.3. The van der Waals surface area contributed by atoms with Crippen LogP contribution < -0.4 is 4.90 Å². The lowest BCUT2D eigenvalue weighted by Crippen LogP contribution is -2.11. The van der Waals surface area contributed by atoms with Gasteiger partial charge < -0.3 is 13.9 Å². The lowest BCUT2D eigenvalue weighted by atomic mass is 9.96. The Morgan fingerprint density at radius 3 is 1.75 bits per heavy atom. The third-order valence-corrected chi connectivity index (χ3v) is 11.0. The molecule has 0 amide bonds. The number of hydrogen-bond acceptors (Lipinski definition) is 3. The molecule has 0 bridgehead atoms. The van der Waals surface area contributed by atoms with Crippen molar-refractivity contribution in [2.75, 3.05) is 4.90 Å². The Morgan fingerprint density at radius 2 is 0.982 bits per heavy atom. The summed E-state index contributed by atoms with van der Waals surface area (Å²) in [6.07, 6.45) is 0. The molecule has 268 valence electrons.